The van der Waals surface area contributed by atoms with E-state index in [1.165, 1.54) is 10.5 Å². The van der Waals surface area contributed by atoms with E-state index in [1.54, 1.807) is 7.11 Å². The van der Waals surface area contributed by atoms with Crippen molar-refractivity contribution in [2.45, 2.75) is 25.6 Å². The third-order valence-corrected chi connectivity index (χ3v) is 5.15. The van der Waals surface area contributed by atoms with Gasteiger partial charge in [-0.3, -0.25) is 9.20 Å². The first-order valence-corrected chi connectivity index (χ1v) is 9.82. The number of halogens is 3. The monoisotopic (exact) mass is 434 g/mol. The number of nitrogens with one attached hydrogen (secondary N) is 1. The Morgan fingerprint density at radius 3 is 2.42 bits per heavy atom. The van der Waals surface area contributed by atoms with Crippen LogP contribution in [0, 0.1) is 0 Å². The van der Waals surface area contributed by atoms with E-state index >= 15 is 0 Å². The zero-order valence-corrected chi connectivity index (χ0v) is 17.8. The van der Waals surface area contributed by atoms with Crippen LogP contribution in [0.5, 0.6) is 5.75 Å². The van der Waals surface area contributed by atoms with Crippen LogP contribution < -0.4 is 10.1 Å². The van der Waals surface area contributed by atoms with Crippen molar-refractivity contribution in [3.05, 3.63) is 65.1 Å². The molecule has 2 aromatic heterocycles. The van der Waals surface area contributed by atoms with Crippen LogP contribution in [0.4, 0.5) is 13.2 Å². The van der Waals surface area contributed by atoms with E-state index in [1.807, 2.05) is 50.2 Å². The molecule has 9 heteroatoms. The Kier molecular flexibility index (Phi) is 6.54. The molecule has 1 amide bonds. The Hall–Kier alpha value is -3.07. The number of likely N-dealkylation sites (N-methyl/N-ethyl adjacent to an activating group) is 1. The molecule has 0 spiro atoms. The average Bonchev–Trinajstić information content (AvgIpc) is 3.11. The van der Waals surface area contributed by atoms with Gasteiger partial charge in [-0.25, -0.2) is 4.98 Å². The maximum absolute atomic E-state index is 13.2. The molecule has 0 aliphatic rings. The van der Waals surface area contributed by atoms with Gasteiger partial charge < -0.3 is 15.0 Å². The zero-order valence-electron chi connectivity index (χ0n) is 17.8. The number of hydrogen-bond donors (Lipinski definition) is 1. The summed E-state index contributed by atoms with van der Waals surface area (Å²) in [5, 5.41) is 2.86. The molecular weight excluding hydrogens is 409 g/mol. The first-order chi connectivity index (χ1) is 14.7. The highest BCUT2D eigenvalue weighted by Gasteiger charge is 2.32. The summed E-state index contributed by atoms with van der Waals surface area (Å²) < 4.78 is 45.9. The zero-order chi connectivity index (χ0) is 22.8. The van der Waals surface area contributed by atoms with Crippen molar-refractivity contribution in [2.75, 3.05) is 27.7 Å². The molecule has 0 saturated carbocycles. The number of aromatic nitrogens is 2. The van der Waals surface area contributed by atoms with E-state index in [2.05, 4.69) is 10.3 Å². The fourth-order valence-electron chi connectivity index (χ4n) is 3.45. The molecule has 0 aliphatic carbocycles. The van der Waals surface area contributed by atoms with Crippen LogP contribution >= 0.6 is 0 Å². The van der Waals surface area contributed by atoms with Gasteiger partial charge in [0.05, 0.1) is 24.4 Å². The highest BCUT2D eigenvalue weighted by Crippen LogP contribution is 2.30. The van der Waals surface area contributed by atoms with Gasteiger partial charge in [-0.1, -0.05) is 19.1 Å². The second-order valence-corrected chi connectivity index (χ2v) is 7.37. The van der Waals surface area contributed by atoms with Crippen molar-refractivity contribution in [2.24, 2.45) is 0 Å². The molecule has 3 aromatic rings. The van der Waals surface area contributed by atoms with Crippen LogP contribution in [0.3, 0.4) is 0 Å². The third-order valence-electron chi connectivity index (χ3n) is 5.15. The van der Waals surface area contributed by atoms with Crippen molar-refractivity contribution in [3.63, 3.8) is 0 Å². The number of aryl methyl sites for hydroxylation is 1. The quantitative estimate of drug-likeness (QED) is 0.612. The molecule has 1 atom stereocenters. The minimum Gasteiger partial charge on any atom is -0.497 e. The van der Waals surface area contributed by atoms with E-state index in [0.717, 1.165) is 23.6 Å². The van der Waals surface area contributed by atoms with E-state index in [0.29, 0.717) is 17.8 Å². The SMILES string of the molecule is CCc1nc2ccc(C(F)(F)F)cn2c1C(=O)NCC(c1ccc(OC)cc1)N(C)C. The van der Waals surface area contributed by atoms with Crippen LogP contribution in [-0.4, -0.2) is 47.9 Å². The molecule has 1 aromatic carbocycles. The Labute approximate surface area is 178 Å². The van der Waals surface area contributed by atoms with Gasteiger partial charge in [-0.15, -0.1) is 0 Å². The molecule has 3 rings (SSSR count). The second-order valence-electron chi connectivity index (χ2n) is 7.37. The summed E-state index contributed by atoms with van der Waals surface area (Å²) in [5.41, 5.74) is 1.01. The molecule has 0 saturated heterocycles. The van der Waals surface area contributed by atoms with Gasteiger partial charge in [0, 0.05) is 12.7 Å². The van der Waals surface area contributed by atoms with Gasteiger partial charge in [0.25, 0.3) is 5.91 Å². The van der Waals surface area contributed by atoms with Crippen molar-refractivity contribution in [3.8, 4) is 5.75 Å². The fourth-order valence-corrected chi connectivity index (χ4v) is 3.45. The Morgan fingerprint density at radius 2 is 1.87 bits per heavy atom. The van der Waals surface area contributed by atoms with E-state index < -0.39 is 17.6 Å². The summed E-state index contributed by atoms with van der Waals surface area (Å²) in [7, 11) is 5.37. The number of nitrogens with zero attached hydrogens (tertiary/aromatic N) is 3. The number of hydrogen-bond acceptors (Lipinski definition) is 4. The molecule has 0 bridgehead atoms. The number of imidazole rings is 1. The summed E-state index contributed by atoms with van der Waals surface area (Å²) in [6, 6.07) is 9.62. The van der Waals surface area contributed by atoms with Crippen LogP contribution in [0.15, 0.2) is 42.6 Å². The van der Waals surface area contributed by atoms with E-state index in [4.69, 9.17) is 4.74 Å². The van der Waals surface area contributed by atoms with Gasteiger partial charge in [0.15, 0.2) is 0 Å². The summed E-state index contributed by atoms with van der Waals surface area (Å²) in [5.74, 6) is 0.258. The van der Waals surface area contributed by atoms with Gasteiger partial charge in [0.2, 0.25) is 0 Å². The van der Waals surface area contributed by atoms with E-state index in [-0.39, 0.29) is 18.3 Å². The molecule has 166 valence electrons. The number of fused-ring (bicyclic) bond motifs is 1. The minimum atomic E-state index is -4.51. The first kappa shape index (κ1) is 22.6. The Bertz CT molecular complexity index is 1060. The number of carbonyl (C=O) groups is 1. The van der Waals surface area contributed by atoms with Crippen molar-refractivity contribution in [1.29, 1.82) is 0 Å². The smallest absolute Gasteiger partial charge is 0.417 e. The number of rotatable bonds is 7. The number of amides is 1. The number of benzene rings is 1. The van der Waals surface area contributed by atoms with E-state index in [9.17, 15) is 18.0 Å². The lowest BCUT2D eigenvalue weighted by molar-refractivity contribution is -0.137. The van der Waals surface area contributed by atoms with Crippen molar-refractivity contribution < 1.29 is 22.7 Å². The van der Waals surface area contributed by atoms with Crippen LogP contribution in [-0.2, 0) is 12.6 Å². The maximum Gasteiger partial charge on any atom is 0.417 e. The van der Waals surface area contributed by atoms with Gasteiger partial charge >= 0.3 is 6.18 Å². The number of pyridine rings is 1. The molecule has 31 heavy (non-hydrogen) atoms. The lowest BCUT2D eigenvalue weighted by atomic mass is 10.1. The summed E-state index contributed by atoms with van der Waals surface area (Å²) in [6.07, 6.45) is -3.17. The standard InChI is InChI=1S/C22H25F3N4O2/c1-5-17-20(29-13-15(22(23,24)25)8-11-19(29)27-17)21(30)26-12-18(28(2)3)14-6-9-16(31-4)10-7-14/h6-11,13,18H,5,12H2,1-4H3,(H,26,30). The Balaban J connectivity index is 1.88. The van der Waals surface area contributed by atoms with Gasteiger partial charge in [-0.05, 0) is 50.3 Å². The predicted octanol–water partition coefficient (Wildman–Crippen LogP) is 3.96. The molecular formula is C22H25F3N4O2. The molecule has 2 heterocycles. The number of ether oxygens (including phenoxy) is 1. The minimum absolute atomic E-state index is 0.121. The first-order valence-electron chi connectivity index (χ1n) is 9.82. The molecule has 6 nitrogen and oxygen atoms in total. The normalized spacial score (nSPS) is 12.9. The lowest BCUT2D eigenvalue weighted by Gasteiger charge is -2.25. The number of alkyl halides is 3. The molecule has 0 fully saturated rings. The molecule has 0 radical (unpaired) electrons. The number of carbonyl (C=O) groups excluding carboxylic acids is 1. The topological polar surface area (TPSA) is 58.9 Å². The van der Waals surface area contributed by atoms with Crippen LogP contribution in [0.1, 0.15) is 40.3 Å². The second kappa shape index (κ2) is 8.97. The Morgan fingerprint density at radius 1 is 1.19 bits per heavy atom. The highest BCUT2D eigenvalue weighted by atomic mass is 19.4. The van der Waals surface area contributed by atoms with Gasteiger partial charge in [0.1, 0.15) is 17.1 Å². The van der Waals surface area contributed by atoms with Crippen molar-refractivity contribution in [1.82, 2.24) is 19.6 Å². The summed E-state index contributed by atoms with van der Waals surface area (Å²) in [4.78, 5) is 19.3. The largest absolute Gasteiger partial charge is 0.497 e. The third kappa shape index (κ3) is 4.82. The summed E-state index contributed by atoms with van der Waals surface area (Å²) in [6.45, 7) is 2.08. The average molecular weight is 434 g/mol. The number of methoxy groups -OCH3 is 1. The van der Waals surface area contributed by atoms with Gasteiger partial charge in [-0.2, -0.15) is 13.2 Å². The molecule has 1 N–H and O–H groups in total. The lowest BCUT2D eigenvalue weighted by Crippen LogP contribution is -2.35. The van der Waals surface area contributed by atoms with Crippen LogP contribution in [0.25, 0.3) is 5.65 Å². The van der Waals surface area contributed by atoms with Crippen LogP contribution in [0.2, 0.25) is 0 Å². The highest BCUT2D eigenvalue weighted by molar-refractivity contribution is 5.94. The maximum atomic E-state index is 13.2. The van der Waals surface area contributed by atoms with Crippen molar-refractivity contribution >= 4 is 11.6 Å². The molecule has 1 unspecified atom stereocenters. The predicted molar refractivity (Wildman–Crippen MR) is 111 cm³/mol. The fraction of sp³-hybridized carbons (Fsp3) is 0.364. The molecule has 0 aliphatic heterocycles. The summed E-state index contributed by atoms with van der Waals surface area (Å²) >= 11 is 0.